The molecule has 5 nitrogen and oxygen atoms in total. The van der Waals surface area contributed by atoms with Crippen LogP contribution in [-0.4, -0.2) is 34.4 Å². The lowest BCUT2D eigenvalue weighted by Gasteiger charge is -2.11. The van der Waals surface area contributed by atoms with Crippen LogP contribution in [0.2, 0.25) is 0 Å². The fraction of sp³-hybridized carbons (Fsp3) is 0.185. The Morgan fingerprint density at radius 3 is 2.15 bits per heavy atom. The standard InChI is InChI=1S/C27H27N3O2S/c1-2-30-26(22-14-8-4-9-15-22)25(21-12-6-3-7-13-21)29-27(30)33-19-18-28-24(31)20-32-23-16-10-5-11-17-23/h3-17H,2,18-20H2,1H3,(H,28,31). The second-order valence-corrected chi connectivity index (χ2v) is 8.43. The van der Waals surface area contributed by atoms with Gasteiger partial charge in [0.15, 0.2) is 11.8 Å². The van der Waals surface area contributed by atoms with Crippen LogP contribution in [0.5, 0.6) is 5.75 Å². The molecule has 33 heavy (non-hydrogen) atoms. The first kappa shape index (κ1) is 22.7. The van der Waals surface area contributed by atoms with E-state index in [0.717, 1.165) is 40.0 Å². The average Bonchev–Trinajstić information content (AvgIpc) is 3.25. The van der Waals surface area contributed by atoms with Crippen LogP contribution in [0.4, 0.5) is 0 Å². The zero-order valence-corrected chi connectivity index (χ0v) is 19.4. The van der Waals surface area contributed by atoms with Crippen molar-refractivity contribution in [1.82, 2.24) is 14.9 Å². The van der Waals surface area contributed by atoms with Gasteiger partial charge in [-0.3, -0.25) is 4.79 Å². The number of imidazole rings is 1. The maximum atomic E-state index is 12.1. The molecule has 0 aliphatic heterocycles. The Morgan fingerprint density at radius 1 is 0.909 bits per heavy atom. The van der Waals surface area contributed by atoms with Gasteiger partial charge in [0.05, 0.1) is 11.4 Å². The monoisotopic (exact) mass is 457 g/mol. The topological polar surface area (TPSA) is 56.2 Å². The molecule has 4 aromatic rings. The third-order valence-electron chi connectivity index (χ3n) is 5.11. The van der Waals surface area contributed by atoms with Crippen molar-refractivity contribution < 1.29 is 9.53 Å². The van der Waals surface area contributed by atoms with Gasteiger partial charge in [0.25, 0.3) is 5.91 Å². The van der Waals surface area contributed by atoms with Crippen LogP contribution in [0.3, 0.4) is 0 Å². The summed E-state index contributed by atoms with van der Waals surface area (Å²) in [5.74, 6) is 1.28. The van der Waals surface area contributed by atoms with Crippen LogP contribution in [-0.2, 0) is 11.3 Å². The molecule has 0 radical (unpaired) electrons. The molecule has 1 aromatic heterocycles. The Morgan fingerprint density at radius 2 is 1.52 bits per heavy atom. The molecule has 0 aliphatic rings. The first-order valence-electron chi connectivity index (χ1n) is 11.0. The number of hydrogen-bond donors (Lipinski definition) is 1. The van der Waals surface area contributed by atoms with E-state index in [4.69, 9.17) is 9.72 Å². The van der Waals surface area contributed by atoms with Crippen molar-refractivity contribution in [2.75, 3.05) is 18.9 Å². The Balaban J connectivity index is 1.43. The van der Waals surface area contributed by atoms with Gasteiger partial charge in [-0.05, 0) is 19.1 Å². The molecule has 4 rings (SSSR count). The summed E-state index contributed by atoms with van der Waals surface area (Å²) in [6, 6.07) is 30.0. The summed E-state index contributed by atoms with van der Waals surface area (Å²) in [5.41, 5.74) is 4.33. The Kier molecular flexibility index (Phi) is 7.82. The molecule has 1 N–H and O–H groups in total. The molecule has 168 valence electrons. The highest BCUT2D eigenvalue weighted by atomic mass is 32.2. The lowest BCUT2D eigenvalue weighted by atomic mass is 10.0. The molecular weight excluding hydrogens is 430 g/mol. The number of benzene rings is 3. The molecule has 0 spiro atoms. The van der Waals surface area contributed by atoms with Crippen molar-refractivity contribution in [2.24, 2.45) is 0 Å². The summed E-state index contributed by atoms with van der Waals surface area (Å²) >= 11 is 1.65. The highest BCUT2D eigenvalue weighted by Gasteiger charge is 2.19. The van der Waals surface area contributed by atoms with Crippen molar-refractivity contribution in [3.05, 3.63) is 91.0 Å². The van der Waals surface area contributed by atoms with Crippen molar-refractivity contribution in [2.45, 2.75) is 18.6 Å². The van der Waals surface area contributed by atoms with E-state index < -0.39 is 0 Å². The fourth-order valence-corrected chi connectivity index (χ4v) is 4.49. The van der Waals surface area contributed by atoms with Crippen LogP contribution in [0, 0.1) is 0 Å². The number of hydrogen-bond acceptors (Lipinski definition) is 4. The van der Waals surface area contributed by atoms with Gasteiger partial charge in [-0.15, -0.1) is 0 Å². The van der Waals surface area contributed by atoms with E-state index in [1.165, 1.54) is 0 Å². The van der Waals surface area contributed by atoms with E-state index >= 15 is 0 Å². The molecular formula is C27H27N3O2S. The van der Waals surface area contributed by atoms with Gasteiger partial charge in [0.2, 0.25) is 0 Å². The maximum absolute atomic E-state index is 12.1. The van der Waals surface area contributed by atoms with E-state index in [0.29, 0.717) is 12.3 Å². The van der Waals surface area contributed by atoms with E-state index in [1.807, 2.05) is 54.6 Å². The molecule has 1 heterocycles. The second-order valence-electron chi connectivity index (χ2n) is 7.37. The fourth-order valence-electron chi connectivity index (χ4n) is 3.57. The van der Waals surface area contributed by atoms with Crippen LogP contribution < -0.4 is 10.1 Å². The maximum Gasteiger partial charge on any atom is 0.257 e. The zero-order valence-electron chi connectivity index (χ0n) is 18.6. The Bertz CT molecular complexity index is 1160. The summed E-state index contributed by atoms with van der Waals surface area (Å²) in [5, 5.41) is 3.87. The lowest BCUT2D eigenvalue weighted by Crippen LogP contribution is -2.30. The van der Waals surface area contributed by atoms with Crippen molar-refractivity contribution in [3.63, 3.8) is 0 Å². The Labute approximate surface area is 198 Å². The first-order valence-corrected chi connectivity index (χ1v) is 12.0. The number of para-hydroxylation sites is 1. The largest absolute Gasteiger partial charge is 0.484 e. The van der Waals surface area contributed by atoms with Crippen LogP contribution in [0.25, 0.3) is 22.5 Å². The summed E-state index contributed by atoms with van der Waals surface area (Å²) in [6.07, 6.45) is 0. The van der Waals surface area contributed by atoms with Gasteiger partial charge < -0.3 is 14.6 Å². The summed E-state index contributed by atoms with van der Waals surface area (Å²) in [4.78, 5) is 17.1. The predicted molar refractivity (Wildman–Crippen MR) is 134 cm³/mol. The molecule has 0 bridgehead atoms. The predicted octanol–water partition coefficient (Wildman–Crippen LogP) is 5.52. The van der Waals surface area contributed by atoms with Crippen molar-refractivity contribution in [1.29, 1.82) is 0 Å². The van der Waals surface area contributed by atoms with Crippen LogP contribution >= 0.6 is 11.8 Å². The molecule has 0 unspecified atom stereocenters. The first-order chi connectivity index (χ1) is 16.3. The SMILES string of the molecule is CCn1c(SCCNC(=O)COc2ccccc2)nc(-c2ccccc2)c1-c1ccccc1. The number of nitrogens with zero attached hydrogens (tertiary/aromatic N) is 2. The van der Waals surface area contributed by atoms with Gasteiger partial charge in [-0.2, -0.15) is 0 Å². The minimum atomic E-state index is -0.131. The molecule has 0 saturated heterocycles. The van der Waals surface area contributed by atoms with Crippen LogP contribution in [0.15, 0.2) is 96.2 Å². The number of aromatic nitrogens is 2. The van der Waals surface area contributed by atoms with E-state index in [9.17, 15) is 4.79 Å². The minimum Gasteiger partial charge on any atom is -0.484 e. The molecule has 6 heteroatoms. The Hall–Kier alpha value is -3.51. The van der Waals surface area contributed by atoms with E-state index in [2.05, 4.69) is 53.2 Å². The lowest BCUT2D eigenvalue weighted by molar-refractivity contribution is -0.122. The van der Waals surface area contributed by atoms with Gasteiger partial charge in [0.1, 0.15) is 5.75 Å². The van der Waals surface area contributed by atoms with Gasteiger partial charge in [0, 0.05) is 30.0 Å². The second kappa shape index (κ2) is 11.4. The number of rotatable bonds is 10. The molecule has 0 atom stereocenters. The number of carbonyl (C=O) groups excluding carboxylic acids is 1. The van der Waals surface area contributed by atoms with Gasteiger partial charge in [-0.25, -0.2) is 4.98 Å². The number of ether oxygens (including phenoxy) is 1. The minimum absolute atomic E-state index is 0.00851. The smallest absolute Gasteiger partial charge is 0.257 e. The average molecular weight is 458 g/mol. The number of carbonyl (C=O) groups is 1. The normalized spacial score (nSPS) is 10.7. The summed E-state index contributed by atoms with van der Waals surface area (Å²) in [7, 11) is 0. The molecule has 0 fully saturated rings. The van der Waals surface area contributed by atoms with E-state index in [-0.39, 0.29) is 12.5 Å². The summed E-state index contributed by atoms with van der Waals surface area (Å²) < 4.78 is 7.75. The van der Waals surface area contributed by atoms with Gasteiger partial charge in [-0.1, -0.05) is 90.6 Å². The van der Waals surface area contributed by atoms with Crippen molar-refractivity contribution in [3.8, 4) is 28.3 Å². The quantitative estimate of drug-likeness (QED) is 0.251. The van der Waals surface area contributed by atoms with Crippen LogP contribution in [0.1, 0.15) is 6.92 Å². The number of nitrogens with one attached hydrogen (secondary N) is 1. The molecule has 3 aromatic carbocycles. The van der Waals surface area contributed by atoms with Gasteiger partial charge >= 0.3 is 0 Å². The third-order valence-corrected chi connectivity index (χ3v) is 6.09. The molecule has 0 saturated carbocycles. The number of amides is 1. The number of thioether (sulfide) groups is 1. The summed E-state index contributed by atoms with van der Waals surface area (Å²) in [6.45, 7) is 3.49. The highest BCUT2D eigenvalue weighted by Crippen LogP contribution is 2.35. The van der Waals surface area contributed by atoms with E-state index in [1.54, 1.807) is 11.8 Å². The zero-order chi connectivity index (χ0) is 22.9. The van der Waals surface area contributed by atoms with Crippen molar-refractivity contribution >= 4 is 17.7 Å². The third kappa shape index (κ3) is 5.84. The molecule has 1 amide bonds. The molecule has 0 aliphatic carbocycles. The highest BCUT2D eigenvalue weighted by molar-refractivity contribution is 7.99.